The SMILES string of the molecule is CCOC[C@]12CC3CC(C(=O)CC4CCNCC4(F)F)(C1)C[C@@](c1ccccc1)(C3)C2. The van der Waals surface area contributed by atoms with Gasteiger partial charge in [-0.05, 0) is 80.7 Å². The van der Waals surface area contributed by atoms with Crippen molar-refractivity contribution in [3.05, 3.63) is 35.9 Å². The number of alkyl halides is 2. The van der Waals surface area contributed by atoms with Gasteiger partial charge in [0.2, 0.25) is 0 Å². The summed E-state index contributed by atoms with van der Waals surface area (Å²) < 4.78 is 35.1. The van der Waals surface area contributed by atoms with Crippen LogP contribution in [0.25, 0.3) is 0 Å². The molecule has 0 amide bonds. The van der Waals surface area contributed by atoms with E-state index in [0.29, 0.717) is 32.1 Å². The summed E-state index contributed by atoms with van der Waals surface area (Å²) in [6.07, 6.45) is 6.21. The third-order valence-corrected chi connectivity index (χ3v) is 8.83. The second-order valence-corrected chi connectivity index (χ2v) is 11.1. The van der Waals surface area contributed by atoms with Crippen LogP contribution in [0.3, 0.4) is 0 Å². The van der Waals surface area contributed by atoms with E-state index >= 15 is 0 Å². The van der Waals surface area contributed by atoms with Crippen molar-refractivity contribution in [2.24, 2.45) is 22.7 Å². The Labute approximate surface area is 184 Å². The normalized spacial score (nSPS) is 40.7. The van der Waals surface area contributed by atoms with E-state index in [-0.39, 0.29) is 29.6 Å². The van der Waals surface area contributed by atoms with E-state index in [1.807, 2.05) is 13.0 Å². The predicted octanol–water partition coefficient (Wildman–Crippen LogP) is 5.14. The number of piperidine rings is 1. The van der Waals surface area contributed by atoms with Crippen LogP contribution in [-0.4, -0.2) is 38.0 Å². The number of nitrogens with one attached hydrogen (secondary N) is 1. The van der Waals surface area contributed by atoms with Crippen LogP contribution in [-0.2, 0) is 14.9 Å². The highest BCUT2D eigenvalue weighted by Gasteiger charge is 2.66. The average molecular weight is 432 g/mol. The van der Waals surface area contributed by atoms with E-state index in [1.54, 1.807) is 0 Å². The van der Waals surface area contributed by atoms with E-state index in [1.165, 1.54) is 5.56 Å². The summed E-state index contributed by atoms with van der Waals surface area (Å²) in [5, 5.41) is 2.79. The molecule has 0 aromatic heterocycles. The molecule has 4 saturated carbocycles. The van der Waals surface area contributed by atoms with Crippen LogP contribution < -0.4 is 5.32 Å². The Hall–Kier alpha value is -1.33. The number of ketones is 1. The van der Waals surface area contributed by atoms with E-state index in [2.05, 4.69) is 29.6 Å². The number of ether oxygens (including phenoxy) is 1. The first-order chi connectivity index (χ1) is 14.8. The predicted molar refractivity (Wildman–Crippen MR) is 116 cm³/mol. The maximum atomic E-state index is 14.5. The Morgan fingerprint density at radius 1 is 1.13 bits per heavy atom. The van der Waals surface area contributed by atoms with Gasteiger partial charge >= 0.3 is 0 Å². The minimum Gasteiger partial charge on any atom is -0.381 e. The molecule has 3 unspecified atom stereocenters. The molecule has 3 nitrogen and oxygen atoms in total. The fraction of sp³-hybridized carbons (Fsp3) is 0.731. The minimum atomic E-state index is -2.80. The average Bonchev–Trinajstić information content (AvgIpc) is 2.73. The summed E-state index contributed by atoms with van der Waals surface area (Å²) in [4.78, 5) is 13.8. The van der Waals surface area contributed by atoms with Gasteiger partial charge in [0, 0.05) is 24.4 Å². The molecule has 5 atom stereocenters. The Bertz CT molecular complexity index is 830. The van der Waals surface area contributed by atoms with Crippen LogP contribution >= 0.6 is 0 Å². The van der Waals surface area contributed by atoms with Crippen molar-refractivity contribution >= 4 is 5.78 Å². The smallest absolute Gasteiger partial charge is 0.263 e. The van der Waals surface area contributed by atoms with Gasteiger partial charge in [-0.15, -0.1) is 0 Å². The van der Waals surface area contributed by atoms with Gasteiger partial charge in [0.25, 0.3) is 5.92 Å². The molecule has 1 saturated heterocycles. The first-order valence-corrected chi connectivity index (χ1v) is 12.1. The first-order valence-electron chi connectivity index (χ1n) is 12.1. The lowest BCUT2D eigenvalue weighted by molar-refractivity contribution is -0.174. The minimum absolute atomic E-state index is 0.00241. The lowest BCUT2D eigenvalue weighted by atomic mass is 9.37. The van der Waals surface area contributed by atoms with Crippen molar-refractivity contribution in [2.45, 2.75) is 69.6 Å². The zero-order chi connectivity index (χ0) is 21.7. The number of carbonyl (C=O) groups is 1. The second-order valence-electron chi connectivity index (χ2n) is 11.1. The van der Waals surface area contributed by atoms with Gasteiger partial charge in [0.1, 0.15) is 5.78 Å². The molecule has 1 aliphatic heterocycles. The van der Waals surface area contributed by atoms with Gasteiger partial charge in [-0.3, -0.25) is 4.79 Å². The topological polar surface area (TPSA) is 38.3 Å². The summed E-state index contributed by atoms with van der Waals surface area (Å²) in [7, 11) is 0. The van der Waals surface area contributed by atoms with Crippen molar-refractivity contribution in [3.63, 3.8) is 0 Å². The highest BCUT2D eigenvalue weighted by atomic mass is 19.3. The number of carbonyl (C=O) groups excluding carboxylic acids is 1. The van der Waals surface area contributed by atoms with Crippen LogP contribution in [0.15, 0.2) is 30.3 Å². The van der Waals surface area contributed by atoms with Gasteiger partial charge in [0.05, 0.1) is 13.2 Å². The number of halogens is 2. The molecule has 0 radical (unpaired) electrons. The van der Waals surface area contributed by atoms with Crippen LogP contribution in [0, 0.1) is 22.7 Å². The number of Topliss-reactive ketones (excluding diaryl/α,β-unsaturated/α-hetero) is 1. The van der Waals surface area contributed by atoms with E-state index < -0.39 is 17.3 Å². The molecule has 5 fully saturated rings. The van der Waals surface area contributed by atoms with E-state index in [9.17, 15) is 13.6 Å². The fourth-order valence-electron chi connectivity index (χ4n) is 8.12. The fourth-order valence-corrected chi connectivity index (χ4v) is 8.12. The molecule has 4 aliphatic carbocycles. The van der Waals surface area contributed by atoms with Gasteiger partial charge in [-0.25, -0.2) is 8.78 Å². The molecule has 5 aliphatic rings. The van der Waals surface area contributed by atoms with E-state index in [4.69, 9.17) is 4.74 Å². The third kappa shape index (κ3) is 3.66. The molecule has 6 rings (SSSR count). The molecule has 1 aromatic rings. The van der Waals surface area contributed by atoms with Crippen LogP contribution in [0.5, 0.6) is 0 Å². The molecule has 170 valence electrons. The standard InChI is InChI=1S/C26H35F2NO2/c1-2-31-18-23-11-19-12-24(14-23,20-6-4-3-5-7-20)16-25(13-19,15-23)22(30)10-21-8-9-29-17-26(21,27)28/h3-7,19,21,29H,2,8-18H2,1H3/t19?,21?,23-,24+,25?/m0/s1. The zero-order valence-electron chi connectivity index (χ0n) is 18.6. The summed E-state index contributed by atoms with van der Waals surface area (Å²) in [5.41, 5.74) is 0.832. The highest BCUT2D eigenvalue weighted by molar-refractivity contribution is 5.86. The lowest BCUT2D eigenvalue weighted by Gasteiger charge is -2.66. The summed E-state index contributed by atoms with van der Waals surface area (Å²) in [6.45, 7) is 3.65. The maximum Gasteiger partial charge on any atom is 0.263 e. The Morgan fingerprint density at radius 3 is 2.68 bits per heavy atom. The Balaban J connectivity index is 1.48. The molecular formula is C26H35F2NO2. The molecular weight excluding hydrogens is 396 g/mol. The van der Waals surface area contributed by atoms with Crippen molar-refractivity contribution in [1.82, 2.24) is 5.32 Å². The van der Waals surface area contributed by atoms with Gasteiger partial charge in [-0.2, -0.15) is 0 Å². The van der Waals surface area contributed by atoms with E-state index in [0.717, 1.165) is 38.5 Å². The number of benzene rings is 1. The number of hydrogen-bond donors (Lipinski definition) is 1. The van der Waals surface area contributed by atoms with Crippen molar-refractivity contribution < 1.29 is 18.3 Å². The molecule has 5 heteroatoms. The lowest BCUT2D eigenvalue weighted by Crippen LogP contribution is -2.62. The van der Waals surface area contributed by atoms with Gasteiger partial charge in [0.15, 0.2) is 0 Å². The van der Waals surface area contributed by atoms with Crippen molar-refractivity contribution in [1.29, 1.82) is 0 Å². The molecule has 4 bridgehead atoms. The largest absolute Gasteiger partial charge is 0.381 e. The molecule has 0 spiro atoms. The maximum absolute atomic E-state index is 14.5. The third-order valence-electron chi connectivity index (χ3n) is 8.83. The van der Waals surface area contributed by atoms with Crippen molar-refractivity contribution in [2.75, 3.05) is 26.3 Å². The van der Waals surface area contributed by atoms with Gasteiger partial charge in [-0.1, -0.05) is 30.3 Å². The molecule has 1 heterocycles. The Morgan fingerprint density at radius 2 is 1.94 bits per heavy atom. The molecule has 1 aromatic carbocycles. The number of rotatable bonds is 7. The monoisotopic (exact) mass is 431 g/mol. The quantitative estimate of drug-likeness (QED) is 0.650. The van der Waals surface area contributed by atoms with Crippen LogP contribution in [0.2, 0.25) is 0 Å². The zero-order valence-corrected chi connectivity index (χ0v) is 18.6. The van der Waals surface area contributed by atoms with Crippen LogP contribution in [0.4, 0.5) is 8.78 Å². The first kappa shape index (κ1) is 21.5. The number of hydrogen-bond acceptors (Lipinski definition) is 3. The van der Waals surface area contributed by atoms with Gasteiger partial charge < -0.3 is 10.1 Å². The summed E-state index contributed by atoms with van der Waals surface area (Å²) in [6, 6.07) is 10.6. The second kappa shape index (κ2) is 7.62. The van der Waals surface area contributed by atoms with Crippen LogP contribution in [0.1, 0.15) is 63.9 Å². The molecule has 31 heavy (non-hydrogen) atoms. The molecule has 1 N–H and O–H groups in total. The highest BCUT2D eigenvalue weighted by Crippen LogP contribution is 2.70. The Kier molecular flexibility index (Phi) is 5.29. The summed E-state index contributed by atoms with van der Waals surface area (Å²) >= 11 is 0. The summed E-state index contributed by atoms with van der Waals surface area (Å²) in [5.74, 6) is -3.04. The van der Waals surface area contributed by atoms with Crippen molar-refractivity contribution in [3.8, 4) is 0 Å².